The van der Waals surface area contributed by atoms with Crippen molar-refractivity contribution in [1.82, 2.24) is 0 Å². The minimum atomic E-state index is 0.792. The summed E-state index contributed by atoms with van der Waals surface area (Å²) in [6.07, 6.45) is 7.52. The van der Waals surface area contributed by atoms with Crippen molar-refractivity contribution in [1.29, 1.82) is 0 Å². The number of carbonyl (C=O) groups is 1. The molecule has 1 heteroatoms. The molecule has 0 N–H and O–H groups in total. The smallest absolute Gasteiger partial charge is 0.142 e. The predicted octanol–water partition coefficient (Wildman–Crippen LogP) is 2.32. The van der Waals surface area contributed by atoms with E-state index in [-0.39, 0.29) is 0 Å². The molecular formula is C9H14O. The molecule has 56 valence electrons. The first-order valence-corrected chi connectivity index (χ1v) is 3.96. The minimum absolute atomic E-state index is 0.792. The molecule has 0 aromatic carbocycles. The lowest BCUT2D eigenvalue weighted by atomic mass is 9.87. The fraction of sp³-hybridized carbons (Fsp3) is 0.667. The molecular weight excluding hydrogens is 124 g/mol. The first-order chi connectivity index (χ1) is 4.83. The van der Waals surface area contributed by atoms with Crippen LogP contribution in [0.25, 0.3) is 0 Å². The summed E-state index contributed by atoms with van der Waals surface area (Å²) >= 11 is 0. The van der Waals surface area contributed by atoms with Gasteiger partial charge in [0, 0.05) is 0 Å². The molecule has 0 aromatic heterocycles. The van der Waals surface area contributed by atoms with Crippen LogP contribution in [0.15, 0.2) is 11.6 Å². The van der Waals surface area contributed by atoms with Gasteiger partial charge in [0.2, 0.25) is 0 Å². The van der Waals surface area contributed by atoms with Gasteiger partial charge >= 0.3 is 0 Å². The van der Waals surface area contributed by atoms with Gasteiger partial charge in [-0.15, -0.1) is 0 Å². The third-order valence-electron chi connectivity index (χ3n) is 2.11. The second kappa shape index (κ2) is 3.55. The summed E-state index contributed by atoms with van der Waals surface area (Å²) in [7, 11) is 0. The van der Waals surface area contributed by atoms with Gasteiger partial charge in [-0.25, -0.2) is 0 Å². The lowest BCUT2D eigenvalue weighted by Crippen LogP contribution is -2.04. The molecule has 0 saturated heterocycles. The highest BCUT2D eigenvalue weighted by Gasteiger charge is 2.11. The largest absolute Gasteiger partial charge is 0.299 e. The van der Waals surface area contributed by atoms with E-state index < -0.39 is 0 Å². The molecule has 0 aromatic rings. The number of carbonyl (C=O) groups excluding carboxylic acids is 1. The van der Waals surface area contributed by atoms with E-state index in [0.29, 0.717) is 0 Å². The maximum Gasteiger partial charge on any atom is 0.142 e. The number of hydrogen-bond acceptors (Lipinski definition) is 1. The molecule has 1 aliphatic carbocycles. The molecule has 0 bridgehead atoms. The number of hydrogen-bond donors (Lipinski definition) is 0. The first kappa shape index (κ1) is 7.52. The summed E-state index contributed by atoms with van der Waals surface area (Å²) in [5.74, 6) is 0.792. The second-order valence-corrected chi connectivity index (χ2v) is 3.16. The topological polar surface area (TPSA) is 17.1 Å². The Morgan fingerprint density at radius 1 is 1.60 bits per heavy atom. The van der Waals surface area contributed by atoms with Gasteiger partial charge in [0.25, 0.3) is 0 Å². The van der Waals surface area contributed by atoms with E-state index in [4.69, 9.17) is 0 Å². The fourth-order valence-corrected chi connectivity index (χ4v) is 1.58. The molecule has 1 nitrogen and oxygen atoms in total. The Labute approximate surface area is 62.1 Å². The number of allylic oxidation sites excluding steroid dienone is 2. The van der Waals surface area contributed by atoms with Crippen molar-refractivity contribution in [3.63, 3.8) is 0 Å². The van der Waals surface area contributed by atoms with Crippen molar-refractivity contribution >= 4 is 6.29 Å². The quantitative estimate of drug-likeness (QED) is 0.401. The van der Waals surface area contributed by atoms with Crippen LogP contribution in [-0.2, 0) is 4.79 Å². The van der Waals surface area contributed by atoms with Crippen LogP contribution >= 0.6 is 0 Å². The number of rotatable bonds is 1. The second-order valence-electron chi connectivity index (χ2n) is 3.16. The zero-order valence-electron chi connectivity index (χ0n) is 6.47. The van der Waals surface area contributed by atoms with Crippen LogP contribution in [0.3, 0.4) is 0 Å². The van der Waals surface area contributed by atoms with Gasteiger partial charge in [-0.05, 0) is 31.3 Å². The van der Waals surface area contributed by atoms with Gasteiger partial charge in [-0.3, -0.25) is 4.79 Å². The molecule has 1 saturated carbocycles. The van der Waals surface area contributed by atoms with Crippen molar-refractivity contribution in [2.45, 2.75) is 32.6 Å². The minimum Gasteiger partial charge on any atom is -0.299 e. The SMILES string of the molecule is CC1CCC/C(=C\C=O)C1. The zero-order valence-corrected chi connectivity index (χ0v) is 6.47. The predicted molar refractivity (Wildman–Crippen MR) is 41.8 cm³/mol. The van der Waals surface area contributed by atoms with Gasteiger partial charge in [-0.2, -0.15) is 0 Å². The van der Waals surface area contributed by atoms with Gasteiger partial charge in [0.1, 0.15) is 6.29 Å². The molecule has 1 fully saturated rings. The molecule has 0 spiro atoms. The van der Waals surface area contributed by atoms with Crippen LogP contribution in [0.4, 0.5) is 0 Å². The van der Waals surface area contributed by atoms with Crippen molar-refractivity contribution < 1.29 is 4.79 Å². The molecule has 1 aliphatic rings. The monoisotopic (exact) mass is 138 g/mol. The van der Waals surface area contributed by atoms with Crippen molar-refractivity contribution in [2.24, 2.45) is 5.92 Å². The molecule has 0 aliphatic heterocycles. The van der Waals surface area contributed by atoms with Crippen LogP contribution < -0.4 is 0 Å². The highest BCUT2D eigenvalue weighted by Crippen LogP contribution is 2.27. The van der Waals surface area contributed by atoms with Gasteiger partial charge < -0.3 is 0 Å². The average molecular weight is 138 g/mol. The molecule has 0 radical (unpaired) electrons. The highest BCUT2D eigenvalue weighted by atomic mass is 16.1. The molecule has 0 heterocycles. The van der Waals surface area contributed by atoms with Crippen molar-refractivity contribution in [2.75, 3.05) is 0 Å². The maximum atomic E-state index is 10.1. The number of aldehydes is 1. The van der Waals surface area contributed by atoms with E-state index in [2.05, 4.69) is 6.92 Å². The third kappa shape index (κ3) is 1.98. The summed E-state index contributed by atoms with van der Waals surface area (Å²) in [5, 5.41) is 0. The Bertz CT molecular complexity index is 147. The molecule has 1 atom stereocenters. The first-order valence-electron chi connectivity index (χ1n) is 3.96. The van der Waals surface area contributed by atoms with Crippen LogP contribution in [-0.4, -0.2) is 6.29 Å². The van der Waals surface area contributed by atoms with E-state index in [1.54, 1.807) is 6.08 Å². The van der Waals surface area contributed by atoms with E-state index in [9.17, 15) is 4.79 Å². The Morgan fingerprint density at radius 2 is 2.40 bits per heavy atom. The Kier molecular flexibility index (Phi) is 2.67. The summed E-state index contributed by atoms with van der Waals surface area (Å²) in [6, 6.07) is 0. The third-order valence-corrected chi connectivity index (χ3v) is 2.11. The molecule has 10 heavy (non-hydrogen) atoms. The summed E-state index contributed by atoms with van der Waals surface area (Å²) in [5.41, 5.74) is 1.34. The van der Waals surface area contributed by atoms with Crippen LogP contribution in [0.5, 0.6) is 0 Å². The average Bonchev–Trinajstić information content (AvgIpc) is 1.88. The van der Waals surface area contributed by atoms with Gasteiger partial charge in [-0.1, -0.05) is 18.9 Å². The lowest BCUT2D eigenvalue weighted by molar-refractivity contribution is -0.104. The molecule has 1 unspecified atom stereocenters. The lowest BCUT2D eigenvalue weighted by Gasteiger charge is -2.19. The zero-order chi connectivity index (χ0) is 7.40. The normalized spacial score (nSPS) is 30.5. The molecule has 0 amide bonds. The van der Waals surface area contributed by atoms with Crippen LogP contribution in [0.2, 0.25) is 0 Å². The summed E-state index contributed by atoms with van der Waals surface area (Å²) in [6.45, 7) is 2.25. The van der Waals surface area contributed by atoms with E-state index >= 15 is 0 Å². The Morgan fingerprint density at radius 3 is 3.00 bits per heavy atom. The van der Waals surface area contributed by atoms with Gasteiger partial charge in [0.15, 0.2) is 0 Å². The Hall–Kier alpha value is -0.590. The van der Waals surface area contributed by atoms with Crippen LogP contribution in [0.1, 0.15) is 32.6 Å². The van der Waals surface area contributed by atoms with E-state index in [1.165, 1.54) is 18.4 Å². The van der Waals surface area contributed by atoms with E-state index in [0.717, 1.165) is 25.0 Å². The van der Waals surface area contributed by atoms with Gasteiger partial charge in [0.05, 0.1) is 0 Å². The highest BCUT2D eigenvalue weighted by molar-refractivity contribution is 5.66. The maximum absolute atomic E-state index is 10.1. The fourth-order valence-electron chi connectivity index (χ4n) is 1.58. The summed E-state index contributed by atoms with van der Waals surface area (Å²) in [4.78, 5) is 10.1. The molecule has 1 rings (SSSR count). The summed E-state index contributed by atoms with van der Waals surface area (Å²) < 4.78 is 0. The van der Waals surface area contributed by atoms with Crippen molar-refractivity contribution in [3.8, 4) is 0 Å². The Balaban J connectivity index is 2.46. The van der Waals surface area contributed by atoms with E-state index in [1.807, 2.05) is 0 Å². The van der Waals surface area contributed by atoms with Crippen LogP contribution in [0, 0.1) is 5.92 Å². The van der Waals surface area contributed by atoms with Crippen molar-refractivity contribution in [3.05, 3.63) is 11.6 Å². The standard InChI is InChI=1S/C9H14O/c1-8-3-2-4-9(7-8)5-6-10/h5-6,8H,2-4,7H2,1H3/b9-5+.